The molecule has 0 amide bonds. The van der Waals surface area contributed by atoms with Gasteiger partial charge >= 0.3 is 0 Å². The number of aromatic nitrogens is 2. The van der Waals surface area contributed by atoms with Gasteiger partial charge in [-0.25, -0.2) is 4.98 Å². The minimum Gasteiger partial charge on any atom is -0.385 e. The fourth-order valence-electron chi connectivity index (χ4n) is 1.98. The van der Waals surface area contributed by atoms with Crippen molar-refractivity contribution in [1.82, 2.24) is 14.9 Å². The normalized spacial score (nSPS) is 13.1. The quantitative estimate of drug-likeness (QED) is 0.914. The highest BCUT2D eigenvalue weighted by Gasteiger charge is 2.13. The second-order valence-corrected chi connectivity index (χ2v) is 4.87. The number of aliphatic hydroxyl groups is 1. The maximum Gasteiger partial charge on any atom is 0.110 e. The summed E-state index contributed by atoms with van der Waals surface area (Å²) < 4.78 is 0. The van der Waals surface area contributed by atoms with Crippen LogP contribution in [0.25, 0.3) is 11.0 Å². The Bertz CT molecular complexity index is 557. The number of rotatable bonds is 5. The Balaban J connectivity index is 2.23. The van der Waals surface area contributed by atoms with E-state index in [9.17, 15) is 5.11 Å². The fourth-order valence-corrected chi connectivity index (χ4v) is 2.14. The summed E-state index contributed by atoms with van der Waals surface area (Å²) in [7, 11) is 0. The van der Waals surface area contributed by atoms with Gasteiger partial charge in [0.05, 0.1) is 22.9 Å². The Morgan fingerprint density at radius 2 is 2.00 bits per heavy atom. The predicted octanol–water partition coefficient (Wildman–Crippen LogP) is 2.66. The average molecular weight is 280 g/mol. The number of halogens is 1. The maximum absolute atomic E-state index is 10.2. The van der Waals surface area contributed by atoms with E-state index in [0.717, 1.165) is 24.1 Å². The summed E-state index contributed by atoms with van der Waals surface area (Å²) in [6.07, 6.45) is 1.000. The molecule has 2 aromatic rings. The van der Waals surface area contributed by atoms with Gasteiger partial charge in [0, 0.05) is 11.6 Å². The molecule has 19 heavy (non-hydrogen) atoms. The molecule has 0 bridgehead atoms. The average Bonchev–Trinajstić information content (AvgIpc) is 2.43. The molecule has 1 unspecified atom stereocenters. The number of hydrogen-bond acceptors (Lipinski definition) is 4. The summed E-state index contributed by atoms with van der Waals surface area (Å²) in [5, 5.41) is 10.8. The molecule has 0 radical (unpaired) electrons. The van der Waals surface area contributed by atoms with E-state index in [4.69, 9.17) is 11.6 Å². The molecule has 0 saturated heterocycles. The topological polar surface area (TPSA) is 49.2 Å². The van der Waals surface area contributed by atoms with Crippen LogP contribution >= 0.6 is 11.6 Å². The molecule has 102 valence electrons. The number of fused-ring (bicyclic) bond motifs is 1. The first-order chi connectivity index (χ1) is 9.13. The van der Waals surface area contributed by atoms with Crippen molar-refractivity contribution in [3.63, 3.8) is 0 Å². The highest BCUT2D eigenvalue weighted by atomic mass is 35.5. The minimum atomic E-state index is -0.618. The van der Waals surface area contributed by atoms with Gasteiger partial charge in [-0.3, -0.25) is 4.98 Å². The van der Waals surface area contributed by atoms with Crippen molar-refractivity contribution < 1.29 is 5.11 Å². The second-order valence-electron chi connectivity index (χ2n) is 4.43. The van der Waals surface area contributed by atoms with E-state index in [1.54, 1.807) is 18.3 Å². The van der Waals surface area contributed by atoms with E-state index in [1.165, 1.54) is 0 Å². The molecule has 1 atom stereocenters. The Kier molecular flexibility index (Phi) is 4.69. The van der Waals surface area contributed by atoms with Crippen LogP contribution in [-0.4, -0.2) is 39.6 Å². The summed E-state index contributed by atoms with van der Waals surface area (Å²) in [4.78, 5) is 10.9. The molecule has 5 heteroatoms. The first-order valence-electron chi connectivity index (χ1n) is 6.46. The van der Waals surface area contributed by atoms with Gasteiger partial charge in [-0.15, -0.1) is 0 Å². The molecular formula is C14H18ClN3O. The number of benzene rings is 1. The van der Waals surface area contributed by atoms with Crippen LogP contribution < -0.4 is 0 Å². The molecule has 2 rings (SSSR count). The van der Waals surface area contributed by atoms with Crippen LogP contribution in [0.15, 0.2) is 24.4 Å². The number of aliphatic hydroxyl groups excluding tert-OH is 1. The van der Waals surface area contributed by atoms with Crippen molar-refractivity contribution in [3.8, 4) is 0 Å². The lowest BCUT2D eigenvalue weighted by Crippen LogP contribution is -2.28. The van der Waals surface area contributed by atoms with Gasteiger partial charge in [-0.05, 0) is 31.3 Å². The zero-order valence-electron chi connectivity index (χ0n) is 11.2. The Labute approximate surface area is 118 Å². The summed E-state index contributed by atoms with van der Waals surface area (Å²) in [5.74, 6) is 0. The molecule has 0 saturated carbocycles. The van der Waals surface area contributed by atoms with Crippen LogP contribution in [0.3, 0.4) is 0 Å². The smallest absolute Gasteiger partial charge is 0.110 e. The van der Waals surface area contributed by atoms with Gasteiger partial charge in [0.1, 0.15) is 6.10 Å². The van der Waals surface area contributed by atoms with Crippen LogP contribution in [0.4, 0.5) is 0 Å². The van der Waals surface area contributed by atoms with E-state index >= 15 is 0 Å². The van der Waals surface area contributed by atoms with Crippen LogP contribution in [0.1, 0.15) is 25.6 Å². The molecule has 0 spiro atoms. The van der Waals surface area contributed by atoms with Crippen LogP contribution in [0.5, 0.6) is 0 Å². The lowest BCUT2D eigenvalue weighted by molar-refractivity contribution is 0.115. The SMILES string of the molecule is CCN(CC)CC(O)c1cnc2cc(Cl)ccc2n1. The van der Waals surface area contributed by atoms with E-state index in [0.29, 0.717) is 17.3 Å². The third-order valence-electron chi connectivity index (χ3n) is 3.19. The fraction of sp³-hybridized carbons (Fsp3) is 0.429. The van der Waals surface area contributed by atoms with Crippen molar-refractivity contribution in [2.45, 2.75) is 20.0 Å². The lowest BCUT2D eigenvalue weighted by atomic mass is 10.2. The minimum absolute atomic E-state index is 0.570. The van der Waals surface area contributed by atoms with Gasteiger partial charge in [0.25, 0.3) is 0 Å². The van der Waals surface area contributed by atoms with E-state index in [2.05, 4.69) is 28.7 Å². The molecule has 4 nitrogen and oxygen atoms in total. The third-order valence-corrected chi connectivity index (χ3v) is 3.42. The van der Waals surface area contributed by atoms with Crippen molar-refractivity contribution in [3.05, 3.63) is 35.1 Å². The highest BCUT2D eigenvalue weighted by Crippen LogP contribution is 2.18. The monoisotopic (exact) mass is 279 g/mol. The van der Waals surface area contributed by atoms with Crippen LogP contribution in [-0.2, 0) is 0 Å². The van der Waals surface area contributed by atoms with Crippen LogP contribution in [0.2, 0.25) is 5.02 Å². The standard InChI is InChI=1S/C14H18ClN3O/c1-3-18(4-2)9-14(19)13-8-16-12-7-10(15)5-6-11(12)17-13/h5-8,14,19H,3-4,9H2,1-2H3. The molecular weight excluding hydrogens is 262 g/mol. The van der Waals surface area contributed by atoms with Gasteiger partial charge in [-0.2, -0.15) is 0 Å². The van der Waals surface area contributed by atoms with Crippen LogP contribution in [0, 0.1) is 0 Å². The van der Waals surface area contributed by atoms with Crippen molar-refractivity contribution in [2.75, 3.05) is 19.6 Å². The van der Waals surface area contributed by atoms with E-state index in [1.807, 2.05) is 6.07 Å². The van der Waals surface area contributed by atoms with Crippen molar-refractivity contribution >= 4 is 22.6 Å². The molecule has 1 aromatic heterocycles. The Morgan fingerprint density at radius 3 is 2.68 bits per heavy atom. The van der Waals surface area contributed by atoms with Gasteiger partial charge in [-0.1, -0.05) is 25.4 Å². The molecule has 0 aliphatic heterocycles. The Hall–Kier alpha value is -1.23. The largest absolute Gasteiger partial charge is 0.385 e. The lowest BCUT2D eigenvalue weighted by Gasteiger charge is -2.21. The third kappa shape index (κ3) is 3.41. The molecule has 0 aliphatic rings. The van der Waals surface area contributed by atoms with Crippen molar-refractivity contribution in [1.29, 1.82) is 0 Å². The molecule has 1 N–H and O–H groups in total. The predicted molar refractivity (Wildman–Crippen MR) is 77.3 cm³/mol. The van der Waals surface area contributed by atoms with E-state index in [-0.39, 0.29) is 0 Å². The summed E-state index contributed by atoms with van der Waals surface area (Å²) >= 11 is 5.90. The molecule has 1 heterocycles. The second kappa shape index (κ2) is 6.28. The number of hydrogen-bond donors (Lipinski definition) is 1. The first kappa shape index (κ1) is 14.2. The van der Waals surface area contributed by atoms with E-state index < -0.39 is 6.10 Å². The maximum atomic E-state index is 10.2. The summed E-state index contributed by atoms with van der Waals surface area (Å²) in [5.41, 5.74) is 2.09. The zero-order valence-corrected chi connectivity index (χ0v) is 11.9. The zero-order chi connectivity index (χ0) is 13.8. The number of nitrogens with zero attached hydrogens (tertiary/aromatic N) is 3. The summed E-state index contributed by atoms with van der Waals surface area (Å²) in [6, 6.07) is 5.36. The van der Waals surface area contributed by atoms with Crippen molar-refractivity contribution in [2.24, 2.45) is 0 Å². The first-order valence-corrected chi connectivity index (χ1v) is 6.84. The summed E-state index contributed by atoms with van der Waals surface area (Å²) in [6.45, 7) is 6.53. The molecule has 1 aromatic carbocycles. The molecule has 0 fully saturated rings. The Morgan fingerprint density at radius 1 is 1.26 bits per heavy atom. The molecule has 0 aliphatic carbocycles. The van der Waals surface area contributed by atoms with Gasteiger partial charge < -0.3 is 10.0 Å². The highest BCUT2D eigenvalue weighted by molar-refractivity contribution is 6.31. The number of likely N-dealkylation sites (N-methyl/N-ethyl adjacent to an activating group) is 1. The van der Waals surface area contributed by atoms with Gasteiger partial charge in [0.2, 0.25) is 0 Å². The van der Waals surface area contributed by atoms with Gasteiger partial charge in [0.15, 0.2) is 0 Å².